The van der Waals surface area contributed by atoms with E-state index in [0.717, 1.165) is 18.6 Å². The van der Waals surface area contributed by atoms with Gasteiger partial charge < -0.3 is 5.32 Å². The van der Waals surface area contributed by atoms with Crippen molar-refractivity contribution in [2.24, 2.45) is 0 Å². The van der Waals surface area contributed by atoms with Crippen molar-refractivity contribution in [3.63, 3.8) is 0 Å². The van der Waals surface area contributed by atoms with Gasteiger partial charge >= 0.3 is 0 Å². The second kappa shape index (κ2) is 9.22. The largest absolute Gasteiger partial charge is 0.316 e. The summed E-state index contributed by atoms with van der Waals surface area (Å²) in [4.78, 5) is 0.0729. The van der Waals surface area contributed by atoms with Crippen LogP contribution in [0, 0.1) is 0 Å². The quantitative estimate of drug-likeness (QED) is 0.655. The standard InChI is InChI=1S/C13H20Cl2N2O2S2/c1-16-9-10-11(14)5-6-12(13(10)15)21(18,19)17-7-3-4-8-20-2/h5-6,16-17H,3-4,7-9H2,1-2H3. The van der Waals surface area contributed by atoms with Crippen molar-refractivity contribution in [2.45, 2.75) is 24.3 Å². The number of hydrogen-bond donors (Lipinski definition) is 2. The van der Waals surface area contributed by atoms with Gasteiger partial charge in [-0.1, -0.05) is 23.2 Å². The summed E-state index contributed by atoms with van der Waals surface area (Å²) < 4.78 is 27.2. The highest BCUT2D eigenvalue weighted by Gasteiger charge is 2.20. The summed E-state index contributed by atoms with van der Waals surface area (Å²) in [6, 6.07) is 3.00. The van der Waals surface area contributed by atoms with Crippen molar-refractivity contribution in [1.82, 2.24) is 10.0 Å². The smallest absolute Gasteiger partial charge is 0.242 e. The average Bonchev–Trinajstić information content (AvgIpc) is 2.42. The number of benzene rings is 1. The van der Waals surface area contributed by atoms with Crippen LogP contribution in [0.2, 0.25) is 10.0 Å². The van der Waals surface area contributed by atoms with Gasteiger partial charge in [-0.25, -0.2) is 13.1 Å². The zero-order valence-electron chi connectivity index (χ0n) is 12.1. The van der Waals surface area contributed by atoms with Crippen molar-refractivity contribution in [3.05, 3.63) is 27.7 Å². The number of nitrogens with one attached hydrogen (secondary N) is 2. The van der Waals surface area contributed by atoms with Crippen molar-refractivity contribution < 1.29 is 8.42 Å². The fourth-order valence-electron chi connectivity index (χ4n) is 1.78. The van der Waals surface area contributed by atoms with E-state index in [2.05, 4.69) is 10.0 Å². The number of thioether (sulfide) groups is 1. The molecule has 0 aromatic heterocycles. The molecule has 1 aromatic rings. The highest BCUT2D eigenvalue weighted by Crippen LogP contribution is 2.30. The molecule has 0 amide bonds. The van der Waals surface area contributed by atoms with Gasteiger partial charge in [0.05, 0.1) is 5.02 Å². The Labute approximate surface area is 141 Å². The molecule has 0 fully saturated rings. The monoisotopic (exact) mass is 370 g/mol. The number of unbranched alkanes of at least 4 members (excludes halogenated alkanes) is 1. The molecule has 0 aliphatic rings. The van der Waals surface area contributed by atoms with Gasteiger partial charge in [-0.05, 0) is 44.0 Å². The average molecular weight is 371 g/mol. The van der Waals surface area contributed by atoms with Gasteiger partial charge in [0.2, 0.25) is 10.0 Å². The van der Waals surface area contributed by atoms with Crippen LogP contribution < -0.4 is 10.0 Å². The van der Waals surface area contributed by atoms with Crippen LogP contribution in [0.15, 0.2) is 17.0 Å². The van der Waals surface area contributed by atoms with Crippen molar-refractivity contribution in [1.29, 1.82) is 0 Å². The summed E-state index contributed by atoms with van der Waals surface area (Å²) in [7, 11) is -1.86. The fourth-order valence-corrected chi connectivity index (χ4v) is 4.25. The molecular formula is C13H20Cl2N2O2S2. The molecule has 0 aliphatic heterocycles. The summed E-state index contributed by atoms with van der Waals surface area (Å²) >= 11 is 14.0. The summed E-state index contributed by atoms with van der Waals surface area (Å²) in [5.74, 6) is 1.02. The second-order valence-electron chi connectivity index (χ2n) is 4.47. The van der Waals surface area contributed by atoms with Crippen LogP contribution in [0.25, 0.3) is 0 Å². The Balaban J connectivity index is 2.86. The van der Waals surface area contributed by atoms with Gasteiger partial charge in [0.25, 0.3) is 0 Å². The van der Waals surface area contributed by atoms with Crippen LogP contribution >= 0.6 is 35.0 Å². The highest BCUT2D eigenvalue weighted by molar-refractivity contribution is 7.98. The molecule has 0 radical (unpaired) electrons. The Morgan fingerprint density at radius 3 is 2.57 bits per heavy atom. The van der Waals surface area contributed by atoms with Gasteiger partial charge in [0.1, 0.15) is 4.90 Å². The molecule has 0 atom stereocenters. The lowest BCUT2D eigenvalue weighted by Crippen LogP contribution is -2.25. The molecule has 0 unspecified atom stereocenters. The SMILES string of the molecule is CNCc1c(Cl)ccc(S(=O)(=O)NCCCCSC)c1Cl. The van der Waals surface area contributed by atoms with Gasteiger partial charge in [-0.2, -0.15) is 11.8 Å². The number of halogens is 2. The minimum Gasteiger partial charge on any atom is -0.316 e. The van der Waals surface area contributed by atoms with E-state index in [1.165, 1.54) is 6.07 Å². The Bertz CT molecular complexity index is 566. The minimum atomic E-state index is -3.61. The Morgan fingerprint density at radius 1 is 1.24 bits per heavy atom. The molecule has 8 heteroatoms. The van der Waals surface area contributed by atoms with Crippen LogP contribution in [0.1, 0.15) is 18.4 Å². The first-order valence-electron chi connectivity index (χ1n) is 6.54. The molecule has 4 nitrogen and oxygen atoms in total. The third-order valence-electron chi connectivity index (χ3n) is 2.86. The molecule has 0 spiro atoms. The highest BCUT2D eigenvalue weighted by atomic mass is 35.5. The zero-order valence-corrected chi connectivity index (χ0v) is 15.2. The fraction of sp³-hybridized carbons (Fsp3) is 0.538. The molecule has 0 heterocycles. The molecular weight excluding hydrogens is 351 g/mol. The lowest BCUT2D eigenvalue weighted by molar-refractivity contribution is 0.578. The van der Waals surface area contributed by atoms with Crippen molar-refractivity contribution in [2.75, 3.05) is 25.6 Å². The van der Waals surface area contributed by atoms with Crippen LogP contribution in [-0.4, -0.2) is 34.0 Å². The number of hydrogen-bond acceptors (Lipinski definition) is 4. The third kappa shape index (κ3) is 5.62. The van der Waals surface area contributed by atoms with E-state index in [1.54, 1.807) is 24.9 Å². The predicted octanol–water partition coefficient (Wildman–Crippen LogP) is 3.13. The van der Waals surface area contributed by atoms with Crippen molar-refractivity contribution >= 4 is 45.0 Å². The lowest BCUT2D eigenvalue weighted by atomic mass is 10.2. The van der Waals surface area contributed by atoms with Crippen molar-refractivity contribution in [3.8, 4) is 0 Å². The Morgan fingerprint density at radius 2 is 1.95 bits per heavy atom. The topological polar surface area (TPSA) is 58.2 Å². The third-order valence-corrected chi connectivity index (χ3v) is 5.96. The molecule has 0 aliphatic carbocycles. The predicted molar refractivity (Wildman–Crippen MR) is 92.0 cm³/mol. The summed E-state index contributed by atoms with van der Waals surface area (Å²) in [6.45, 7) is 0.817. The van der Waals surface area contributed by atoms with Gasteiger partial charge in [-0.15, -0.1) is 0 Å². The first kappa shape index (κ1) is 19.1. The molecule has 1 aromatic carbocycles. The van der Waals surface area contributed by atoms with E-state index in [4.69, 9.17) is 23.2 Å². The van der Waals surface area contributed by atoms with Gasteiger partial charge in [-0.3, -0.25) is 0 Å². The normalized spacial score (nSPS) is 11.8. The molecule has 1 rings (SSSR count). The maximum absolute atomic E-state index is 12.3. The van der Waals surface area contributed by atoms with E-state index in [1.807, 2.05) is 6.26 Å². The molecule has 2 N–H and O–H groups in total. The lowest BCUT2D eigenvalue weighted by Gasteiger charge is -2.12. The molecule has 0 saturated heterocycles. The summed E-state index contributed by atoms with van der Waals surface area (Å²) in [5, 5.41) is 3.55. The van der Waals surface area contributed by atoms with E-state index >= 15 is 0 Å². The van der Waals surface area contributed by atoms with Gasteiger partial charge in [0, 0.05) is 23.7 Å². The second-order valence-corrected chi connectivity index (χ2v) is 7.97. The molecule has 120 valence electrons. The summed E-state index contributed by atoms with van der Waals surface area (Å²) in [5.41, 5.74) is 0.589. The van der Waals surface area contributed by atoms with E-state index in [-0.39, 0.29) is 9.92 Å². The van der Waals surface area contributed by atoms with E-state index in [9.17, 15) is 8.42 Å². The molecule has 0 bridgehead atoms. The first-order chi connectivity index (χ1) is 9.94. The van der Waals surface area contributed by atoms with Crippen LogP contribution in [0.3, 0.4) is 0 Å². The van der Waals surface area contributed by atoms with Crippen LogP contribution in [0.5, 0.6) is 0 Å². The molecule has 0 saturated carbocycles. The maximum atomic E-state index is 12.3. The zero-order chi connectivity index (χ0) is 15.9. The minimum absolute atomic E-state index is 0.0729. The Hall–Kier alpha value is 0.0200. The van der Waals surface area contributed by atoms with E-state index < -0.39 is 10.0 Å². The molecule has 21 heavy (non-hydrogen) atoms. The number of sulfonamides is 1. The van der Waals surface area contributed by atoms with E-state index in [0.29, 0.717) is 23.7 Å². The van der Waals surface area contributed by atoms with Gasteiger partial charge in [0.15, 0.2) is 0 Å². The number of rotatable bonds is 9. The maximum Gasteiger partial charge on any atom is 0.242 e. The van der Waals surface area contributed by atoms with Crippen LogP contribution in [-0.2, 0) is 16.6 Å². The Kier molecular flexibility index (Phi) is 8.38. The summed E-state index contributed by atoms with van der Waals surface area (Å²) in [6.07, 6.45) is 3.80. The van der Waals surface area contributed by atoms with Crippen LogP contribution in [0.4, 0.5) is 0 Å². The first-order valence-corrected chi connectivity index (χ1v) is 10.2.